The molecule has 1 saturated carbocycles. The van der Waals surface area contributed by atoms with Crippen molar-refractivity contribution in [2.75, 3.05) is 18.1 Å². The van der Waals surface area contributed by atoms with Crippen LogP contribution in [-0.2, 0) is 6.54 Å². The number of hydrogen-bond acceptors (Lipinski definition) is 4. The van der Waals surface area contributed by atoms with Gasteiger partial charge in [-0.15, -0.1) is 0 Å². The maximum Gasteiger partial charge on any atom is 0.133 e. The summed E-state index contributed by atoms with van der Waals surface area (Å²) in [5, 5.41) is 13.0. The Kier molecular flexibility index (Phi) is 5.59. The summed E-state index contributed by atoms with van der Waals surface area (Å²) in [5.74, 6) is 1.04. The van der Waals surface area contributed by atoms with Crippen LogP contribution < -0.4 is 10.2 Å². The summed E-state index contributed by atoms with van der Waals surface area (Å²) in [4.78, 5) is 6.93. The van der Waals surface area contributed by atoms with E-state index in [2.05, 4.69) is 42.0 Å². The molecule has 0 amide bonds. The molecule has 0 radical (unpaired) electrons. The number of nitrogens with one attached hydrogen (secondary N) is 1. The minimum Gasteiger partial charge on any atom is -0.395 e. The first-order valence-electron chi connectivity index (χ1n) is 8.08. The van der Waals surface area contributed by atoms with E-state index in [-0.39, 0.29) is 12.1 Å². The fourth-order valence-corrected chi connectivity index (χ4v) is 2.97. The Bertz CT molecular complexity index is 436. The van der Waals surface area contributed by atoms with Crippen LogP contribution in [0.1, 0.15) is 52.0 Å². The lowest BCUT2D eigenvalue weighted by atomic mass is 10.1. The molecule has 1 aromatic heterocycles. The van der Waals surface area contributed by atoms with Gasteiger partial charge < -0.3 is 15.3 Å². The fourth-order valence-electron chi connectivity index (χ4n) is 2.97. The second kappa shape index (κ2) is 7.23. The Labute approximate surface area is 128 Å². The highest BCUT2D eigenvalue weighted by Gasteiger charge is 2.25. The molecular formula is C17H29N3O. The van der Waals surface area contributed by atoms with Crippen molar-refractivity contribution in [2.45, 2.75) is 64.6 Å². The van der Waals surface area contributed by atoms with Gasteiger partial charge in [0.15, 0.2) is 0 Å². The molecule has 0 aromatic carbocycles. The summed E-state index contributed by atoms with van der Waals surface area (Å²) < 4.78 is 0. The Balaban J connectivity index is 2.18. The Morgan fingerprint density at radius 2 is 2.05 bits per heavy atom. The number of aliphatic hydroxyl groups excluding tert-OH is 1. The van der Waals surface area contributed by atoms with Gasteiger partial charge in [-0.25, -0.2) is 4.98 Å². The third kappa shape index (κ3) is 4.68. The van der Waals surface area contributed by atoms with E-state index >= 15 is 0 Å². The molecule has 4 nitrogen and oxygen atoms in total. The molecule has 0 unspecified atom stereocenters. The van der Waals surface area contributed by atoms with Crippen LogP contribution in [-0.4, -0.2) is 34.8 Å². The van der Waals surface area contributed by atoms with Crippen LogP contribution in [0.5, 0.6) is 0 Å². The van der Waals surface area contributed by atoms with Crippen molar-refractivity contribution in [1.29, 1.82) is 0 Å². The van der Waals surface area contributed by atoms with E-state index in [9.17, 15) is 5.11 Å². The molecule has 0 atom stereocenters. The van der Waals surface area contributed by atoms with Crippen molar-refractivity contribution in [3.8, 4) is 0 Å². The average molecular weight is 291 g/mol. The van der Waals surface area contributed by atoms with Crippen molar-refractivity contribution in [2.24, 2.45) is 0 Å². The summed E-state index contributed by atoms with van der Waals surface area (Å²) in [6, 6.07) is 4.66. The molecule has 2 N–H and O–H groups in total. The average Bonchev–Trinajstić information content (AvgIpc) is 2.96. The van der Waals surface area contributed by atoms with Gasteiger partial charge in [0.1, 0.15) is 5.82 Å². The maximum atomic E-state index is 9.42. The number of aliphatic hydroxyl groups is 1. The van der Waals surface area contributed by atoms with E-state index < -0.39 is 0 Å². The highest BCUT2D eigenvalue weighted by molar-refractivity contribution is 5.48. The van der Waals surface area contributed by atoms with Gasteiger partial charge in [0.2, 0.25) is 0 Å². The van der Waals surface area contributed by atoms with Crippen LogP contribution in [0, 0.1) is 0 Å². The lowest BCUT2D eigenvalue weighted by Crippen LogP contribution is -2.39. The van der Waals surface area contributed by atoms with Gasteiger partial charge in [0.25, 0.3) is 0 Å². The standard InChI is InChI=1S/C17H29N3O/c1-17(2,3)19-13-14-7-6-10-18-16(14)20(11-12-21)15-8-4-5-9-15/h6-7,10,15,19,21H,4-5,8-9,11-13H2,1-3H3. The summed E-state index contributed by atoms with van der Waals surface area (Å²) in [6.45, 7) is 8.17. The van der Waals surface area contributed by atoms with Gasteiger partial charge in [-0.05, 0) is 39.7 Å². The molecule has 0 spiro atoms. The third-order valence-electron chi connectivity index (χ3n) is 4.06. The van der Waals surface area contributed by atoms with Crippen LogP contribution in [0.25, 0.3) is 0 Å². The van der Waals surface area contributed by atoms with E-state index in [1.54, 1.807) is 0 Å². The number of pyridine rings is 1. The summed E-state index contributed by atoms with van der Waals surface area (Å²) in [6.07, 6.45) is 6.85. The van der Waals surface area contributed by atoms with E-state index in [0.717, 1.165) is 12.4 Å². The molecular weight excluding hydrogens is 262 g/mol. The Hall–Kier alpha value is -1.13. The van der Waals surface area contributed by atoms with Gasteiger partial charge in [-0.1, -0.05) is 18.9 Å². The molecule has 2 rings (SSSR count). The van der Waals surface area contributed by atoms with Crippen LogP contribution in [0.2, 0.25) is 0 Å². The van der Waals surface area contributed by atoms with Gasteiger partial charge >= 0.3 is 0 Å². The SMILES string of the molecule is CC(C)(C)NCc1cccnc1N(CCO)C1CCCC1. The van der Waals surface area contributed by atoms with Gasteiger partial charge in [-0.3, -0.25) is 0 Å². The van der Waals surface area contributed by atoms with Crippen LogP contribution in [0.15, 0.2) is 18.3 Å². The lowest BCUT2D eigenvalue weighted by molar-refractivity contribution is 0.296. The zero-order chi connectivity index (χ0) is 15.3. The summed E-state index contributed by atoms with van der Waals surface area (Å²) in [7, 11) is 0. The van der Waals surface area contributed by atoms with Crippen molar-refractivity contribution in [1.82, 2.24) is 10.3 Å². The second-order valence-corrected chi connectivity index (χ2v) is 6.94. The number of hydrogen-bond donors (Lipinski definition) is 2. The molecule has 1 heterocycles. The highest BCUT2D eigenvalue weighted by Crippen LogP contribution is 2.29. The zero-order valence-corrected chi connectivity index (χ0v) is 13.6. The maximum absolute atomic E-state index is 9.42. The molecule has 21 heavy (non-hydrogen) atoms. The Morgan fingerprint density at radius 3 is 2.67 bits per heavy atom. The number of nitrogens with zero attached hydrogens (tertiary/aromatic N) is 2. The molecule has 0 saturated heterocycles. The smallest absolute Gasteiger partial charge is 0.133 e. The zero-order valence-electron chi connectivity index (χ0n) is 13.6. The fraction of sp³-hybridized carbons (Fsp3) is 0.706. The minimum absolute atomic E-state index is 0.0856. The van der Waals surface area contributed by atoms with Gasteiger partial charge in [0.05, 0.1) is 6.61 Å². The van der Waals surface area contributed by atoms with E-state index in [0.29, 0.717) is 12.6 Å². The summed E-state index contributed by atoms with van der Waals surface area (Å²) in [5.41, 5.74) is 1.30. The molecule has 4 heteroatoms. The van der Waals surface area contributed by atoms with Crippen LogP contribution in [0.4, 0.5) is 5.82 Å². The quantitative estimate of drug-likeness (QED) is 0.846. The summed E-state index contributed by atoms with van der Waals surface area (Å²) >= 11 is 0. The lowest BCUT2D eigenvalue weighted by Gasteiger charge is -2.32. The number of aromatic nitrogens is 1. The molecule has 1 aromatic rings. The first-order valence-corrected chi connectivity index (χ1v) is 8.08. The third-order valence-corrected chi connectivity index (χ3v) is 4.06. The number of rotatable bonds is 6. The predicted octanol–water partition coefficient (Wildman–Crippen LogP) is 2.71. The molecule has 118 valence electrons. The van der Waals surface area contributed by atoms with Gasteiger partial charge in [0, 0.05) is 36.4 Å². The highest BCUT2D eigenvalue weighted by atomic mass is 16.3. The monoisotopic (exact) mass is 291 g/mol. The van der Waals surface area contributed by atoms with E-state index in [1.165, 1.54) is 31.2 Å². The number of anilines is 1. The van der Waals surface area contributed by atoms with E-state index in [4.69, 9.17) is 0 Å². The molecule has 1 aliphatic carbocycles. The molecule has 1 aliphatic rings. The largest absolute Gasteiger partial charge is 0.395 e. The van der Waals surface area contributed by atoms with Crippen LogP contribution >= 0.6 is 0 Å². The van der Waals surface area contributed by atoms with Crippen molar-refractivity contribution in [3.05, 3.63) is 23.9 Å². The first-order chi connectivity index (χ1) is 10.0. The topological polar surface area (TPSA) is 48.4 Å². The Morgan fingerprint density at radius 1 is 1.33 bits per heavy atom. The minimum atomic E-state index is 0.0856. The normalized spacial score (nSPS) is 16.4. The first kappa shape index (κ1) is 16.2. The van der Waals surface area contributed by atoms with Crippen LogP contribution in [0.3, 0.4) is 0 Å². The van der Waals surface area contributed by atoms with Crippen molar-refractivity contribution in [3.63, 3.8) is 0 Å². The predicted molar refractivity (Wildman–Crippen MR) is 87.5 cm³/mol. The molecule has 0 aliphatic heterocycles. The molecule has 0 bridgehead atoms. The van der Waals surface area contributed by atoms with E-state index in [1.807, 2.05) is 12.3 Å². The van der Waals surface area contributed by atoms with Gasteiger partial charge in [-0.2, -0.15) is 0 Å². The molecule has 1 fully saturated rings. The van der Waals surface area contributed by atoms with Crippen molar-refractivity contribution < 1.29 is 5.11 Å². The second-order valence-electron chi connectivity index (χ2n) is 6.94. The van der Waals surface area contributed by atoms with Crippen molar-refractivity contribution >= 4 is 5.82 Å².